The number of halogens is 2. The number of anilines is 1. The van der Waals surface area contributed by atoms with Crippen molar-refractivity contribution < 1.29 is 9.18 Å². The molecule has 1 aliphatic heterocycles. The molecular weight excluding hydrogens is 387 g/mol. The third kappa shape index (κ3) is 3.99. The van der Waals surface area contributed by atoms with E-state index in [-0.39, 0.29) is 17.0 Å². The third-order valence-electron chi connectivity index (χ3n) is 4.69. The quantitative estimate of drug-likeness (QED) is 0.680. The number of piperidine rings is 1. The second-order valence-electron chi connectivity index (χ2n) is 6.48. The SMILES string of the molecule is O=C(NC1CCN(c2cc(-c3cccs3)[nH]n2)CC1)c1ccc(F)c(Cl)c1. The van der Waals surface area contributed by atoms with E-state index in [1.807, 2.05) is 11.4 Å². The Morgan fingerprint density at radius 1 is 1.30 bits per heavy atom. The lowest BCUT2D eigenvalue weighted by molar-refractivity contribution is 0.0931. The van der Waals surface area contributed by atoms with Gasteiger partial charge in [-0.1, -0.05) is 17.7 Å². The second kappa shape index (κ2) is 7.70. The third-order valence-corrected chi connectivity index (χ3v) is 5.88. The Balaban J connectivity index is 1.33. The van der Waals surface area contributed by atoms with Crippen LogP contribution in [0, 0.1) is 5.82 Å². The maximum absolute atomic E-state index is 13.2. The maximum Gasteiger partial charge on any atom is 0.251 e. The van der Waals surface area contributed by atoms with Gasteiger partial charge < -0.3 is 10.2 Å². The van der Waals surface area contributed by atoms with Gasteiger partial charge in [0.25, 0.3) is 5.91 Å². The Hall–Kier alpha value is -2.38. The first kappa shape index (κ1) is 18.0. The molecule has 1 saturated heterocycles. The highest BCUT2D eigenvalue weighted by atomic mass is 35.5. The molecule has 0 unspecified atom stereocenters. The zero-order chi connectivity index (χ0) is 18.8. The van der Waals surface area contributed by atoms with Gasteiger partial charge in [0.2, 0.25) is 0 Å². The summed E-state index contributed by atoms with van der Waals surface area (Å²) in [5.74, 6) is 0.172. The Kier molecular flexibility index (Phi) is 5.13. The lowest BCUT2D eigenvalue weighted by Gasteiger charge is -2.32. The minimum Gasteiger partial charge on any atom is -0.355 e. The summed E-state index contributed by atoms with van der Waals surface area (Å²) in [6.45, 7) is 1.62. The molecule has 8 heteroatoms. The summed E-state index contributed by atoms with van der Waals surface area (Å²) in [6.07, 6.45) is 1.64. The number of hydrogen-bond acceptors (Lipinski definition) is 4. The van der Waals surface area contributed by atoms with E-state index in [1.54, 1.807) is 11.3 Å². The first-order valence-electron chi connectivity index (χ1n) is 8.70. The Labute approximate surface area is 165 Å². The van der Waals surface area contributed by atoms with Crippen LogP contribution in [0.5, 0.6) is 0 Å². The van der Waals surface area contributed by atoms with Crippen LogP contribution in [0.15, 0.2) is 41.8 Å². The minimum absolute atomic E-state index is 0.0439. The fourth-order valence-electron chi connectivity index (χ4n) is 3.19. The number of H-pyrrole nitrogens is 1. The zero-order valence-electron chi connectivity index (χ0n) is 14.4. The molecule has 27 heavy (non-hydrogen) atoms. The molecule has 1 fully saturated rings. The van der Waals surface area contributed by atoms with Crippen molar-refractivity contribution >= 4 is 34.7 Å². The van der Waals surface area contributed by atoms with Gasteiger partial charge in [-0.15, -0.1) is 11.3 Å². The summed E-state index contributed by atoms with van der Waals surface area (Å²) in [5, 5.41) is 12.5. The van der Waals surface area contributed by atoms with Crippen LogP contribution in [0.2, 0.25) is 5.02 Å². The van der Waals surface area contributed by atoms with Crippen molar-refractivity contribution in [2.45, 2.75) is 18.9 Å². The van der Waals surface area contributed by atoms with Crippen molar-refractivity contribution in [1.29, 1.82) is 0 Å². The topological polar surface area (TPSA) is 61.0 Å². The molecule has 1 aromatic carbocycles. The molecular formula is C19H18ClFN4OS. The Bertz CT molecular complexity index is 935. The molecule has 4 rings (SSSR count). The van der Waals surface area contributed by atoms with Gasteiger partial charge in [0.1, 0.15) is 5.82 Å². The number of amides is 1. The molecule has 5 nitrogen and oxygen atoms in total. The standard InChI is InChI=1S/C19H18ClFN4OS/c20-14-10-12(3-4-15(14)21)19(26)22-13-5-7-25(8-6-13)18-11-16(23-24-18)17-2-1-9-27-17/h1-4,9-11,13H,5-8H2,(H,22,26)(H,23,24). The zero-order valence-corrected chi connectivity index (χ0v) is 16.0. The highest BCUT2D eigenvalue weighted by Crippen LogP contribution is 2.27. The van der Waals surface area contributed by atoms with Crippen molar-refractivity contribution in [2.24, 2.45) is 0 Å². The molecule has 1 aliphatic rings. The van der Waals surface area contributed by atoms with E-state index in [2.05, 4.69) is 32.5 Å². The molecule has 0 spiro atoms. The van der Waals surface area contributed by atoms with E-state index in [0.29, 0.717) is 5.56 Å². The number of carbonyl (C=O) groups excluding carboxylic acids is 1. The summed E-state index contributed by atoms with van der Waals surface area (Å²) in [6, 6.07) is 10.2. The van der Waals surface area contributed by atoms with Gasteiger partial charge in [-0.2, -0.15) is 5.10 Å². The molecule has 0 radical (unpaired) electrons. The molecule has 0 bridgehead atoms. The van der Waals surface area contributed by atoms with E-state index in [9.17, 15) is 9.18 Å². The molecule has 1 amide bonds. The normalized spacial score (nSPS) is 15.1. The van der Waals surface area contributed by atoms with Gasteiger partial charge in [0, 0.05) is 30.8 Å². The van der Waals surface area contributed by atoms with Crippen molar-refractivity contribution in [2.75, 3.05) is 18.0 Å². The Morgan fingerprint density at radius 3 is 2.81 bits per heavy atom. The van der Waals surface area contributed by atoms with E-state index in [1.165, 1.54) is 18.2 Å². The van der Waals surface area contributed by atoms with Crippen LogP contribution in [0.4, 0.5) is 10.2 Å². The molecule has 3 heterocycles. The monoisotopic (exact) mass is 404 g/mol. The highest BCUT2D eigenvalue weighted by Gasteiger charge is 2.23. The minimum atomic E-state index is -0.526. The number of benzene rings is 1. The Morgan fingerprint density at radius 2 is 2.11 bits per heavy atom. The number of carbonyl (C=O) groups is 1. The number of rotatable bonds is 4. The molecule has 140 valence electrons. The number of nitrogens with zero attached hydrogens (tertiary/aromatic N) is 2. The van der Waals surface area contributed by atoms with Crippen LogP contribution in [0.25, 0.3) is 10.6 Å². The van der Waals surface area contributed by atoms with Crippen LogP contribution < -0.4 is 10.2 Å². The first-order valence-corrected chi connectivity index (χ1v) is 9.96. The van der Waals surface area contributed by atoms with E-state index < -0.39 is 5.82 Å². The number of aromatic nitrogens is 2. The second-order valence-corrected chi connectivity index (χ2v) is 7.84. The van der Waals surface area contributed by atoms with Crippen LogP contribution in [0.3, 0.4) is 0 Å². The molecule has 2 aromatic heterocycles. The van der Waals surface area contributed by atoms with Crippen LogP contribution in [0.1, 0.15) is 23.2 Å². The van der Waals surface area contributed by atoms with Crippen molar-refractivity contribution in [3.8, 4) is 10.6 Å². The van der Waals surface area contributed by atoms with Gasteiger partial charge in [0.05, 0.1) is 15.6 Å². The van der Waals surface area contributed by atoms with Gasteiger partial charge >= 0.3 is 0 Å². The fourth-order valence-corrected chi connectivity index (χ4v) is 4.06. The van der Waals surface area contributed by atoms with E-state index >= 15 is 0 Å². The smallest absolute Gasteiger partial charge is 0.251 e. The van der Waals surface area contributed by atoms with Crippen LogP contribution in [-0.4, -0.2) is 35.2 Å². The lowest BCUT2D eigenvalue weighted by Crippen LogP contribution is -2.44. The molecule has 2 N–H and O–H groups in total. The predicted octanol–water partition coefficient (Wildman–Crippen LogP) is 4.33. The van der Waals surface area contributed by atoms with Crippen molar-refractivity contribution in [3.63, 3.8) is 0 Å². The summed E-state index contributed by atoms with van der Waals surface area (Å²) in [4.78, 5) is 15.7. The fraction of sp³-hybridized carbons (Fsp3) is 0.263. The largest absolute Gasteiger partial charge is 0.355 e. The highest BCUT2D eigenvalue weighted by molar-refractivity contribution is 7.13. The van der Waals surface area contributed by atoms with Gasteiger partial charge in [-0.3, -0.25) is 9.89 Å². The summed E-state index contributed by atoms with van der Waals surface area (Å²) in [7, 11) is 0. The first-order chi connectivity index (χ1) is 13.1. The van der Waals surface area contributed by atoms with Crippen molar-refractivity contribution in [1.82, 2.24) is 15.5 Å². The molecule has 0 aliphatic carbocycles. The summed E-state index contributed by atoms with van der Waals surface area (Å²) < 4.78 is 13.2. The molecule has 3 aromatic rings. The van der Waals surface area contributed by atoms with Gasteiger partial charge in [-0.25, -0.2) is 4.39 Å². The van der Waals surface area contributed by atoms with E-state index in [0.717, 1.165) is 42.3 Å². The van der Waals surface area contributed by atoms with Crippen LogP contribution >= 0.6 is 22.9 Å². The van der Waals surface area contributed by atoms with Crippen LogP contribution in [-0.2, 0) is 0 Å². The predicted molar refractivity (Wildman–Crippen MR) is 106 cm³/mol. The van der Waals surface area contributed by atoms with Crippen molar-refractivity contribution in [3.05, 3.63) is 58.2 Å². The average Bonchev–Trinajstić information content (AvgIpc) is 3.36. The lowest BCUT2D eigenvalue weighted by atomic mass is 10.0. The summed E-state index contributed by atoms with van der Waals surface area (Å²) >= 11 is 7.43. The average molecular weight is 405 g/mol. The number of hydrogen-bond donors (Lipinski definition) is 2. The summed E-state index contributed by atoms with van der Waals surface area (Å²) in [5.41, 5.74) is 1.39. The van der Waals surface area contributed by atoms with Gasteiger partial charge in [-0.05, 0) is 42.5 Å². The number of thiophene rings is 1. The molecule has 0 saturated carbocycles. The number of nitrogens with one attached hydrogen (secondary N) is 2. The van der Waals surface area contributed by atoms with E-state index in [4.69, 9.17) is 11.6 Å². The number of aromatic amines is 1. The molecule has 0 atom stereocenters. The van der Waals surface area contributed by atoms with Gasteiger partial charge in [0.15, 0.2) is 5.82 Å². The maximum atomic E-state index is 13.2.